The minimum Gasteiger partial charge on any atom is -0.396 e. The van der Waals surface area contributed by atoms with Gasteiger partial charge >= 0.3 is 0 Å². The number of nitrogen functional groups attached to an aromatic ring is 1. The zero-order valence-electron chi connectivity index (χ0n) is 7.62. The molecular weight excluding hydrogens is 150 g/mol. The summed E-state index contributed by atoms with van der Waals surface area (Å²) in [7, 11) is 0. The summed E-state index contributed by atoms with van der Waals surface area (Å²) in [5, 5.41) is 4.27. The first-order valence-electron chi connectivity index (χ1n) is 4.53. The van der Waals surface area contributed by atoms with Crippen LogP contribution in [0.2, 0.25) is 0 Å². The number of rotatable bonds is 2. The Bertz CT molecular complexity index is 284. The Balaban J connectivity index is 2.39. The molecule has 0 unspecified atom stereocenters. The zero-order valence-corrected chi connectivity index (χ0v) is 7.62. The highest BCUT2D eigenvalue weighted by Crippen LogP contribution is 2.43. The minimum absolute atomic E-state index is 0.429. The number of nitrogens with zero attached hydrogens (tertiary/aromatic N) is 2. The first-order valence-corrected chi connectivity index (χ1v) is 4.53. The second-order valence-corrected chi connectivity index (χ2v) is 3.80. The van der Waals surface area contributed by atoms with Crippen LogP contribution in [-0.2, 0) is 0 Å². The lowest BCUT2D eigenvalue weighted by Gasteiger charge is -2.10. The quantitative estimate of drug-likeness (QED) is 0.727. The minimum atomic E-state index is 0.429. The van der Waals surface area contributed by atoms with Crippen LogP contribution in [0.1, 0.15) is 44.3 Å². The van der Waals surface area contributed by atoms with Gasteiger partial charge in [0.25, 0.3) is 0 Å². The largest absolute Gasteiger partial charge is 0.396 e. The van der Waals surface area contributed by atoms with Crippen LogP contribution >= 0.6 is 0 Å². The molecule has 1 aliphatic rings. The molecule has 66 valence electrons. The second kappa shape index (κ2) is 2.51. The standard InChI is InChI=1S/C9H15N3/c1-6(2)12-9(7-3-4-7)8(10)5-11-12/h5-7H,3-4,10H2,1-2H3. The van der Waals surface area contributed by atoms with Crippen LogP contribution in [0.3, 0.4) is 0 Å². The fourth-order valence-electron chi connectivity index (χ4n) is 1.58. The molecule has 2 N–H and O–H groups in total. The van der Waals surface area contributed by atoms with Gasteiger partial charge in [0.2, 0.25) is 0 Å². The van der Waals surface area contributed by atoms with Crippen molar-refractivity contribution in [2.75, 3.05) is 5.73 Å². The predicted molar refractivity (Wildman–Crippen MR) is 49.0 cm³/mol. The van der Waals surface area contributed by atoms with E-state index in [0.29, 0.717) is 12.0 Å². The molecule has 3 nitrogen and oxygen atoms in total. The number of hydrogen-bond acceptors (Lipinski definition) is 2. The molecule has 1 aromatic rings. The third kappa shape index (κ3) is 1.09. The lowest BCUT2D eigenvalue weighted by atomic mass is 10.2. The van der Waals surface area contributed by atoms with Crippen molar-refractivity contribution in [3.8, 4) is 0 Å². The summed E-state index contributed by atoms with van der Waals surface area (Å²) in [6.07, 6.45) is 4.33. The summed E-state index contributed by atoms with van der Waals surface area (Å²) >= 11 is 0. The summed E-state index contributed by atoms with van der Waals surface area (Å²) in [6.45, 7) is 4.27. The van der Waals surface area contributed by atoms with Gasteiger partial charge in [0.1, 0.15) is 0 Å². The van der Waals surface area contributed by atoms with Crippen LogP contribution in [-0.4, -0.2) is 9.78 Å². The average molecular weight is 165 g/mol. The van der Waals surface area contributed by atoms with Crippen molar-refractivity contribution in [3.05, 3.63) is 11.9 Å². The van der Waals surface area contributed by atoms with E-state index < -0.39 is 0 Å². The number of anilines is 1. The molecule has 1 heterocycles. The van der Waals surface area contributed by atoms with E-state index in [1.807, 2.05) is 4.68 Å². The fourth-order valence-corrected chi connectivity index (χ4v) is 1.58. The number of hydrogen-bond donors (Lipinski definition) is 1. The fraction of sp³-hybridized carbons (Fsp3) is 0.667. The van der Waals surface area contributed by atoms with Crippen molar-refractivity contribution >= 4 is 5.69 Å². The average Bonchev–Trinajstić information content (AvgIpc) is 2.75. The van der Waals surface area contributed by atoms with E-state index in [-0.39, 0.29) is 0 Å². The van der Waals surface area contributed by atoms with E-state index in [1.54, 1.807) is 6.20 Å². The maximum Gasteiger partial charge on any atom is 0.0736 e. The van der Waals surface area contributed by atoms with E-state index in [2.05, 4.69) is 18.9 Å². The second-order valence-electron chi connectivity index (χ2n) is 3.80. The summed E-state index contributed by atoms with van der Waals surface area (Å²) in [5.41, 5.74) is 7.96. The Kier molecular flexibility index (Phi) is 1.60. The molecule has 12 heavy (non-hydrogen) atoms. The molecule has 0 saturated heterocycles. The van der Waals surface area contributed by atoms with Gasteiger partial charge in [-0.3, -0.25) is 4.68 Å². The van der Waals surface area contributed by atoms with Crippen LogP contribution in [0, 0.1) is 0 Å². The molecule has 0 atom stereocenters. The van der Waals surface area contributed by atoms with Crippen molar-refractivity contribution in [1.82, 2.24) is 9.78 Å². The SMILES string of the molecule is CC(C)n1ncc(N)c1C1CC1. The Morgan fingerprint density at radius 3 is 2.75 bits per heavy atom. The smallest absolute Gasteiger partial charge is 0.0736 e. The van der Waals surface area contributed by atoms with E-state index in [0.717, 1.165) is 5.69 Å². The zero-order chi connectivity index (χ0) is 8.72. The summed E-state index contributed by atoms with van der Waals surface area (Å²) in [6, 6.07) is 0.429. The summed E-state index contributed by atoms with van der Waals surface area (Å²) in [4.78, 5) is 0. The monoisotopic (exact) mass is 165 g/mol. The highest BCUT2D eigenvalue weighted by molar-refractivity contribution is 5.45. The van der Waals surface area contributed by atoms with Gasteiger partial charge in [0, 0.05) is 12.0 Å². The molecular formula is C9H15N3. The highest BCUT2D eigenvalue weighted by atomic mass is 15.3. The molecule has 0 amide bonds. The molecule has 2 rings (SSSR count). The van der Waals surface area contributed by atoms with Crippen molar-refractivity contribution in [2.45, 2.75) is 38.6 Å². The normalized spacial score (nSPS) is 17.2. The van der Waals surface area contributed by atoms with E-state index >= 15 is 0 Å². The topological polar surface area (TPSA) is 43.8 Å². The molecule has 0 aromatic carbocycles. The van der Waals surface area contributed by atoms with Gasteiger partial charge in [-0.1, -0.05) is 0 Å². The van der Waals surface area contributed by atoms with Gasteiger partial charge in [-0.25, -0.2) is 0 Å². The highest BCUT2D eigenvalue weighted by Gasteiger charge is 2.29. The van der Waals surface area contributed by atoms with Crippen LogP contribution in [0.4, 0.5) is 5.69 Å². The van der Waals surface area contributed by atoms with Crippen LogP contribution in [0.25, 0.3) is 0 Å². The molecule has 0 spiro atoms. The Morgan fingerprint density at radius 1 is 1.58 bits per heavy atom. The predicted octanol–water partition coefficient (Wildman–Crippen LogP) is 1.92. The maximum atomic E-state index is 5.84. The molecule has 1 fully saturated rings. The van der Waals surface area contributed by atoms with Crippen LogP contribution in [0.5, 0.6) is 0 Å². The Hall–Kier alpha value is -0.990. The van der Waals surface area contributed by atoms with E-state index in [9.17, 15) is 0 Å². The molecule has 0 aliphatic heterocycles. The van der Waals surface area contributed by atoms with Gasteiger partial charge in [0.05, 0.1) is 17.6 Å². The maximum absolute atomic E-state index is 5.84. The van der Waals surface area contributed by atoms with Gasteiger partial charge in [-0.05, 0) is 26.7 Å². The van der Waals surface area contributed by atoms with Crippen LogP contribution in [0.15, 0.2) is 6.20 Å². The molecule has 1 aromatic heterocycles. The molecule has 1 saturated carbocycles. The van der Waals surface area contributed by atoms with Gasteiger partial charge in [0.15, 0.2) is 0 Å². The third-order valence-corrected chi connectivity index (χ3v) is 2.32. The van der Waals surface area contributed by atoms with Crippen LogP contribution < -0.4 is 5.73 Å². The van der Waals surface area contributed by atoms with Gasteiger partial charge < -0.3 is 5.73 Å². The van der Waals surface area contributed by atoms with Crippen molar-refractivity contribution < 1.29 is 0 Å². The number of aromatic nitrogens is 2. The molecule has 1 aliphatic carbocycles. The first kappa shape index (κ1) is 7.65. The first-order chi connectivity index (χ1) is 5.70. The summed E-state index contributed by atoms with van der Waals surface area (Å²) in [5.74, 6) is 0.690. The lowest BCUT2D eigenvalue weighted by Crippen LogP contribution is -2.07. The Labute approximate surface area is 72.6 Å². The van der Waals surface area contributed by atoms with Crippen molar-refractivity contribution in [3.63, 3.8) is 0 Å². The van der Waals surface area contributed by atoms with E-state index in [1.165, 1.54) is 18.5 Å². The van der Waals surface area contributed by atoms with Gasteiger partial charge in [-0.2, -0.15) is 5.10 Å². The van der Waals surface area contributed by atoms with Crippen molar-refractivity contribution in [1.29, 1.82) is 0 Å². The lowest BCUT2D eigenvalue weighted by molar-refractivity contribution is 0.510. The molecule has 3 heteroatoms. The molecule has 0 bridgehead atoms. The Morgan fingerprint density at radius 2 is 2.25 bits per heavy atom. The summed E-state index contributed by atoms with van der Waals surface area (Å²) < 4.78 is 2.05. The van der Waals surface area contributed by atoms with Crippen molar-refractivity contribution in [2.24, 2.45) is 0 Å². The third-order valence-electron chi connectivity index (χ3n) is 2.32. The van der Waals surface area contributed by atoms with Gasteiger partial charge in [-0.15, -0.1) is 0 Å². The van der Waals surface area contributed by atoms with E-state index in [4.69, 9.17) is 5.73 Å². The molecule has 0 radical (unpaired) electrons. The number of nitrogens with two attached hydrogens (primary N) is 1.